The van der Waals surface area contributed by atoms with Crippen molar-refractivity contribution in [2.75, 3.05) is 10.9 Å². The molecule has 0 saturated heterocycles. The van der Waals surface area contributed by atoms with Crippen molar-refractivity contribution in [1.29, 1.82) is 0 Å². The van der Waals surface area contributed by atoms with E-state index in [1.165, 1.54) is 4.31 Å². The van der Waals surface area contributed by atoms with Crippen LogP contribution in [-0.2, 0) is 21.4 Å². The molecule has 0 fully saturated rings. The van der Waals surface area contributed by atoms with E-state index in [2.05, 4.69) is 5.32 Å². The highest BCUT2D eigenvalue weighted by Gasteiger charge is 2.25. The van der Waals surface area contributed by atoms with E-state index < -0.39 is 10.0 Å². The summed E-state index contributed by atoms with van der Waals surface area (Å²) >= 11 is 0. The second-order valence-corrected chi connectivity index (χ2v) is 9.83. The highest BCUT2D eigenvalue weighted by molar-refractivity contribution is 7.92. The van der Waals surface area contributed by atoms with Crippen molar-refractivity contribution in [2.45, 2.75) is 44.7 Å². The fraction of sp³-hybridized carbons (Fsp3) is 0.269. The van der Waals surface area contributed by atoms with Crippen molar-refractivity contribution in [1.82, 2.24) is 5.32 Å². The van der Waals surface area contributed by atoms with Crippen molar-refractivity contribution < 1.29 is 17.9 Å². The first-order chi connectivity index (χ1) is 15.8. The zero-order chi connectivity index (χ0) is 23.8. The maximum atomic E-state index is 13.5. The highest BCUT2D eigenvalue weighted by atomic mass is 32.2. The van der Waals surface area contributed by atoms with E-state index >= 15 is 0 Å². The molecule has 6 nitrogen and oxygen atoms in total. The van der Waals surface area contributed by atoms with Gasteiger partial charge >= 0.3 is 0 Å². The summed E-state index contributed by atoms with van der Waals surface area (Å²) in [6, 6.07) is 23.1. The highest BCUT2D eigenvalue weighted by Crippen LogP contribution is 2.28. The van der Waals surface area contributed by atoms with Crippen LogP contribution in [0.3, 0.4) is 0 Å². The Kier molecular flexibility index (Phi) is 8.11. The summed E-state index contributed by atoms with van der Waals surface area (Å²) in [5.41, 5.74) is 2.37. The van der Waals surface area contributed by atoms with Crippen LogP contribution in [-0.4, -0.2) is 27.0 Å². The minimum atomic E-state index is -3.80. The summed E-state index contributed by atoms with van der Waals surface area (Å²) in [6.07, 6.45) is 0.840. The molecule has 0 saturated carbocycles. The van der Waals surface area contributed by atoms with Gasteiger partial charge in [-0.1, -0.05) is 55.0 Å². The first-order valence-electron chi connectivity index (χ1n) is 10.9. The van der Waals surface area contributed by atoms with Crippen LogP contribution in [0.4, 0.5) is 5.69 Å². The Balaban J connectivity index is 1.83. The minimum absolute atomic E-state index is 0.0852. The van der Waals surface area contributed by atoms with Crippen molar-refractivity contribution >= 4 is 21.6 Å². The molecule has 0 aliphatic rings. The molecule has 0 aliphatic heterocycles. The Morgan fingerprint density at radius 2 is 1.61 bits per heavy atom. The topological polar surface area (TPSA) is 75.7 Å². The molecule has 7 heteroatoms. The quantitative estimate of drug-likeness (QED) is 0.471. The fourth-order valence-electron chi connectivity index (χ4n) is 3.18. The number of nitrogens with one attached hydrogen (secondary N) is 1. The predicted molar refractivity (Wildman–Crippen MR) is 131 cm³/mol. The van der Waals surface area contributed by atoms with Crippen LogP contribution in [0.25, 0.3) is 0 Å². The third-order valence-electron chi connectivity index (χ3n) is 5.29. The van der Waals surface area contributed by atoms with E-state index in [0.717, 1.165) is 17.5 Å². The van der Waals surface area contributed by atoms with Crippen LogP contribution < -0.4 is 14.4 Å². The van der Waals surface area contributed by atoms with Gasteiger partial charge in [0.15, 0.2) is 6.61 Å². The number of rotatable bonds is 10. The number of anilines is 1. The molecule has 3 aromatic carbocycles. The maximum Gasteiger partial charge on any atom is 0.264 e. The van der Waals surface area contributed by atoms with Crippen LogP contribution in [0.1, 0.15) is 31.4 Å². The number of nitrogens with zero attached hydrogens (tertiary/aromatic N) is 1. The largest absolute Gasteiger partial charge is 0.484 e. The lowest BCUT2D eigenvalue weighted by Crippen LogP contribution is -2.35. The Bertz CT molecular complexity index is 1150. The summed E-state index contributed by atoms with van der Waals surface area (Å²) in [7, 11) is -3.80. The predicted octanol–water partition coefficient (Wildman–Crippen LogP) is 4.68. The van der Waals surface area contributed by atoms with E-state index in [4.69, 9.17) is 4.74 Å². The fourth-order valence-corrected chi connectivity index (χ4v) is 4.63. The monoisotopic (exact) mass is 466 g/mol. The molecule has 1 N–H and O–H groups in total. The Labute approximate surface area is 196 Å². The van der Waals surface area contributed by atoms with Gasteiger partial charge in [-0.25, -0.2) is 8.42 Å². The van der Waals surface area contributed by atoms with Gasteiger partial charge in [-0.2, -0.15) is 0 Å². The van der Waals surface area contributed by atoms with Gasteiger partial charge in [-0.05, 0) is 62.2 Å². The van der Waals surface area contributed by atoms with Crippen molar-refractivity contribution in [2.24, 2.45) is 0 Å². The second kappa shape index (κ2) is 11.0. The summed E-state index contributed by atoms with van der Waals surface area (Å²) in [6.45, 7) is 5.94. The molecule has 3 aromatic rings. The van der Waals surface area contributed by atoms with Crippen molar-refractivity contribution in [3.05, 3.63) is 90.0 Å². The SMILES string of the molecule is CC[C@@H](C)NC(=O)COc1ccc(N(Cc2ccccc2)S(=O)(=O)c2ccc(C)cc2)cc1. The van der Waals surface area contributed by atoms with Gasteiger partial charge in [0.1, 0.15) is 5.75 Å². The normalized spacial score (nSPS) is 12.1. The molecule has 33 heavy (non-hydrogen) atoms. The molecule has 1 atom stereocenters. The number of sulfonamides is 1. The van der Waals surface area contributed by atoms with E-state index in [1.807, 2.05) is 51.1 Å². The lowest BCUT2D eigenvalue weighted by atomic mass is 10.2. The van der Waals surface area contributed by atoms with Crippen molar-refractivity contribution in [3.8, 4) is 5.75 Å². The number of hydrogen-bond donors (Lipinski definition) is 1. The van der Waals surface area contributed by atoms with Crippen LogP contribution in [0, 0.1) is 6.92 Å². The van der Waals surface area contributed by atoms with E-state index in [0.29, 0.717) is 11.4 Å². The smallest absolute Gasteiger partial charge is 0.264 e. The molecule has 0 heterocycles. The second-order valence-electron chi connectivity index (χ2n) is 7.97. The average Bonchev–Trinajstić information content (AvgIpc) is 2.82. The van der Waals surface area contributed by atoms with Crippen LogP contribution in [0.2, 0.25) is 0 Å². The van der Waals surface area contributed by atoms with E-state index in [9.17, 15) is 13.2 Å². The first-order valence-corrected chi connectivity index (χ1v) is 12.4. The van der Waals surface area contributed by atoms with Gasteiger partial charge in [-0.15, -0.1) is 0 Å². The Morgan fingerprint density at radius 3 is 2.21 bits per heavy atom. The van der Waals surface area contributed by atoms with Crippen LogP contribution in [0.5, 0.6) is 5.75 Å². The lowest BCUT2D eigenvalue weighted by molar-refractivity contribution is -0.123. The summed E-state index contributed by atoms with van der Waals surface area (Å²) < 4.78 is 34.0. The molecule has 0 unspecified atom stereocenters. The Hall–Kier alpha value is -3.32. The zero-order valence-corrected chi connectivity index (χ0v) is 20.0. The molecule has 0 spiro atoms. The molecular weight excluding hydrogens is 436 g/mol. The molecule has 3 rings (SSSR count). The van der Waals surface area contributed by atoms with Gasteiger partial charge < -0.3 is 10.1 Å². The van der Waals surface area contributed by atoms with Crippen LogP contribution >= 0.6 is 0 Å². The van der Waals surface area contributed by atoms with E-state index in [-0.39, 0.29) is 30.0 Å². The van der Waals surface area contributed by atoms with Gasteiger partial charge in [0.05, 0.1) is 17.1 Å². The standard InChI is InChI=1S/C26H30N2O4S/c1-4-21(3)27-26(29)19-32-24-14-12-23(13-15-24)28(18-22-8-6-5-7-9-22)33(30,31)25-16-10-20(2)11-17-25/h5-17,21H,4,18-19H2,1-3H3,(H,27,29)/t21-/m1/s1. The van der Waals surface area contributed by atoms with Gasteiger partial charge in [0.2, 0.25) is 0 Å². The summed E-state index contributed by atoms with van der Waals surface area (Å²) in [5, 5.41) is 2.85. The minimum Gasteiger partial charge on any atom is -0.484 e. The third kappa shape index (κ3) is 6.58. The summed E-state index contributed by atoms with van der Waals surface area (Å²) in [4.78, 5) is 12.2. The molecule has 0 bridgehead atoms. The number of carbonyl (C=O) groups is 1. The molecule has 174 valence electrons. The van der Waals surface area contributed by atoms with Crippen LogP contribution in [0.15, 0.2) is 83.8 Å². The molecular formula is C26H30N2O4S. The van der Waals surface area contributed by atoms with E-state index in [1.54, 1.807) is 48.5 Å². The number of aryl methyl sites for hydroxylation is 1. The van der Waals surface area contributed by atoms with Crippen molar-refractivity contribution in [3.63, 3.8) is 0 Å². The van der Waals surface area contributed by atoms with Gasteiger partial charge in [0, 0.05) is 6.04 Å². The summed E-state index contributed by atoms with van der Waals surface area (Å²) in [5.74, 6) is 0.298. The Morgan fingerprint density at radius 1 is 0.970 bits per heavy atom. The van der Waals surface area contributed by atoms with Gasteiger partial charge in [0.25, 0.3) is 15.9 Å². The average molecular weight is 467 g/mol. The zero-order valence-electron chi connectivity index (χ0n) is 19.2. The number of ether oxygens (including phenoxy) is 1. The first kappa shape index (κ1) is 24.3. The molecule has 0 radical (unpaired) electrons. The molecule has 0 aromatic heterocycles. The third-order valence-corrected chi connectivity index (χ3v) is 7.08. The van der Waals surface area contributed by atoms with Gasteiger partial charge in [-0.3, -0.25) is 9.10 Å². The number of hydrogen-bond acceptors (Lipinski definition) is 4. The lowest BCUT2D eigenvalue weighted by Gasteiger charge is -2.25. The molecule has 1 amide bonds. The number of carbonyl (C=O) groups excluding carboxylic acids is 1. The molecule has 0 aliphatic carbocycles. The maximum absolute atomic E-state index is 13.5. The number of amides is 1. The number of benzene rings is 3.